The fourth-order valence-corrected chi connectivity index (χ4v) is 2.46. The van der Waals surface area contributed by atoms with Crippen LogP contribution in [0.3, 0.4) is 0 Å². The second-order valence-corrected chi connectivity index (χ2v) is 5.63. The van der Waals surface area contributed by atoms with Crippen molar-refractivity contribution < 1.29 is 13.7 Å². The standard InChI is InChI=1S/C17H20N4O3/c1-4-21-10-13(9-19-21)8-18-17(22)16-6-5-14(23-16)7-15-11(2)20-24-12(15)3/h5-6,9-10H,4,7-8H2,1-3H3,(H,18,22). The lowest BCUT2D eigenvalue weighted by atomic mass is 10.1. The molecule has 1 amide bonds. The first-order valence-electron chi connectivity index (χ1n) is 7.86. The van der Waals surface area contributed by atoms with Crippen molar-refractivity contribution in [3.63, 3.8) is 0 Å². The van der Waals surface area contributed by atoms with Crippen LogP contribution >= 0.6 is 0 Å². The summed E-state index contributed by atoms with van der Waals surface area (Å²) in [5, 5.41) is 10.9. The van der Waals surface area contributed by atoms with E-state index in [0.717, 1.165) is 29.1 Å². The van der Waals surface area contributed by atoms with Crippen molar-refractivity contribution in [3.8, 4) is 0 Å². The maximum absolute atomic E-state index is 12.2. The number of aryl methyl sites for hydroxylation is 3. The second-order valence-electron chi connectivity index (χ2n) is 5.63. The molecule has 24 heavy (non-hydrogen) atoms. The smallest absolute Gasteiger partial charge is 0.287 e. The summed E-state index contributed by atoms with van der Waals surface area (Å²) in [6.45, 7) is 6.98. The van der Waals surface area contributed by atoms with E-state index in [1.807, 2.05) is 31.6 Å². The summed E-state index contributed by atoms with van der Waals surface area (Å²) in [4.78, 5) is 12.2. The van der Waals surface area contributed by atoms with Gasteiger partial charge >= 0.3 is 0 Å². The van der Waals surface area contributed by atoms with Gasteiger partial charge in [0.25, 0.3) is 5.91 Å². The van der Waals surface area contributed by atoms with Gasteiger partial charge in [-0.1, -0.05) is 5.16 Å². The van der Waals surface area contributed by atoms with Crippen LogP contribution in [0.4, 0.5) is 0 Å². The van der Waals surface area contributed by atoms with Crippen LogP contribution < -0.4 is 5.32 Å². The Labute approximate surface area is 139 Å². The maximum atomic E-state index is 12.2. The summed E-state index contributed by atoms with van der Waals surface area (Å²) in [7, 11) is 0. The lowest BCUT2D eigenvalue weighted by molar-refractivity contribution is 0.0921. The predicted molar refractivity (Wildman–Crippen MR) is 86.6 cm³/mol. The van der Waals surface area contributed by atoms with Crippen LogP contribution in [0.15, 0.2) is 33.5 Å². The van der Waals surface area contributed by atoms with Crippen molar-refractivity contribution in [1.29, 1.82) is 0 Å². The number of aromatic nitrogens is 3. The Morgan fingerprint density at radius 2 is 2.17 bits per heavy atom. The number of nitrogens with one attached hydrogen (secondary N) is 1. The first kappa shape index (κ1) is 16.0. The van der Waals surface area contributed by atoms with Gasteiger partial charge in [-0.25, -0.2) is 0 Å². The average molecular weight is 328 g/mol. The molecule has 0 saturated heterocycles. The molecule has 0 aliphatic carbocycles. The van der Waals surface area contributed by atoms with E-state index in [1.165, 1.54) is 0 Å². The van der Waals surface area contributed by atoms with Gasteiger partial charge in [0.2, 0.25) is 0 Å². The van der Waals surface area contributed by atoms with E-state index in [4.69, 9.17) is 8.94 Å². The zero-order valence-electron chi connectivity index (χ0n) is 14.0. The molecule has 0 bridgehead atoms. The molecule has 0 saturated carbocycles. The number of rotatable bonds is 6. The monoisotopic (exact) mass is 328 g/mol. The van der Waals surface area contributed by atoms with E-state index in [2.05, 4.69) is 15.6 Å². The minimum absolute atomic E-state index is 0.246. The third-order valence-electron chi connectivity index (χ3n) is 3.88. The molecule has 0 atom stereocenters. The third-order valence-corrected chi connectivity index (χ3v) is 3.88. The fraction of sp³-hybridized carbons (Fsp3) is 0.353. The fourth-order valence-electron chi connectivity index (χ4n) is 2.46. The molecule has 0 aliphatic rings. The Kier molecular flexibility index (Phi) is 4.50. The minimum atomic E-state index is -0.246. The van der Waals surface area contributed by atoms with Crippen LogP contribution in [0.25, 0.3) is 0 Å². The van der Waals surface area contributed by atoms with Crippen LogP contribution in [0, 0.1) is 13.8 Å². The normalized spacial score (nSPS) is 11.0. The molecule has 1 N–H and O–H groups in total. The van der Waals surface area contributed by atoms with E-state index in [0.29, 0.717) is 24.5 Å². The van der Waals surface area contributed by atoms with Crippen molar-refractivity contribution in [2.75, 3.05) is 0 Å². The summed E-state index contributed by atoms with van der Waals surface area (Å²) >= 11 is 0. The highest BCUT2D eigenvalue weighted by molar-refractivity contribution is 5.91. The van der Waals surface area contributed by atoms with Gasteiger partial charge in [0.05, 0.1) is 11.9 Å². The summed E-state index contributed by atoms with van der Waals surface area (Å²) < 4.78 is 12.6. The number of nitrogens with zero attached hydrogens (tertiary/aromatic N) is 3. The Balaban J connectivity index is 1.61. The highest BCUT2D eigenvalue weighted by Crippen LogP contribution is 2.19. The van der Waals surface area contributed by atoms with Crippen molar-refractivity contribution in [2.24, 2.45) is 0 Å². The zero-order chi connectivity index (χ0) is 17.1. The molecule has 7 nitrogen and oxygen atoms in total. The molecule has 7 heteroatoms. The topological polar surface area (TPSA) is 86.1 Å². The number of hydrogen-bond donors (Lipinski definition) is 1. The molecule has 0 fully saturated rings. The Hall–Kier alpha value is -2.83. The van der Waals surface area contributed by atoms with Crippen LogP contribution in [0.5, 0.6) is 0 Å². The summed E-state index contributed by atoms with van der Waals surface area (Å²) in [5.41, 5.74) is 2.78. The predicted octanol–water partition coefficient (Wildman–Crippen LogP) is 2.62. The molecular weight excluding hydrogens is 308 g/mol. The van der Waals surface area contributed by atoms with Crippen LogP contribution in [-0.4, -0.2) is 20.8 Å². The first-order valence-corrected chi connectivity index (χ1v) is 7.86. The van der Waals surface area contributed by atoms with Gasteiger partial charge in [-0.2, -0.15) is 5.10 Å². The van der Waals surface area contributed by atoms with Crippen molar-refractivity contribution in [3.05, 3.63) is 58.6 Å². The van der Waals surface area contributed by atoms with Crippen LogP contribution in [-0.2, 0) is 19.5 Å². The number of amides is 1. The van der Waals surface area contributed by atoms with E-state index >= 15 is 0 Å². The molecule has 3 rings (SSSR count). The molecule has 0 aliphatic heterocycles. The van der Waals surface area contributed by atoms with E-state index in [9.17, 15) is 4.79 Å². The number of carbonyl (C=O) groups is 1. The number of carbonyl (C=O) groups excluding carboxylic acids is 1. The Morgan fingerprint density at radius 1 is 1.33 bits per heavy atom. The first-order chi connectivity index (χ1) is 11.6. The van der Waals surface area contributed by atoms with Gasteiger partial charge in [-0.05, 0) is 32.9 Å². The van der Waals surface area contributed by atoms with Gasteiger partial charge < -0.3 is 14.3 Å². The van der Waals surface area contributed by atoms with Crippen LogP contribution in [0.2, 0.25) is 0 Å². The lowest BCUT2D eigenvalue weighted by Gasteiger charge is -2.01. The maximum Gasteiger partial charge on any atom is 0.287 e. The van der Waals surface area contributed by atoms with Gasteiger partial charge in [0, 0.05) is 36.8 Å². The molecule has 0 unspecified atom stereocenters. The summed E-state index contributed by atoms with van der Waals surface area (Å²) in [5.74, 6) is 1.51. The third kappa shape index (κ3) is 3.40. The SMILES string of the molecule is CCn1cc(CNC(=O)c2ccc(Cc3c(C)noc3C)o2)cn1. The van der Waals surface area contributed by atoms with E-state index in [-0.39, 0.29) is 5.91 Å². The van der Waals surface area contributed by atoms with E-state index in [1.54, 1.807) is 18.3 Å². The molecule has 0 aromatic carbocycles. The molecule has 0 spiro atoms. The quantitative estimate of drug-likeness (QED) is 0.751. The second kappa shape index (κ2) is 6.74. The summed E-state index contributed by atoms with van der Waals surface area (Å²) in [6, 6.07) is 3.48. The lowest BCUT2D eigenvalue weighted by Crippen LogP contribution is -2.22. The van der Waals surface area contributed by atoms with Crippen molar-refractivity contribution >= 4 is 5.91 Å². The van der Waals surface area contributed by atoms with Crippen molar-refractivity contribution in [1.82, 2.24) is 20.3 Å². The minimum Gasteiger partial charge on any atom is -0.456 e. The van der Waals surface area contributed by atoms with Crippen LogP contribution in [0.1, 0.15) is 45.8 Å². The van der Waals surface area contributed by atoms with Crippen molar-refractivity contribution in [2.45, 2.75) is 40.3 Å². The molecule has 126 valence electrons. The Morgan fingerprint density at radius 3 is 2.83 bits per heavy atom. The Bertz CT molecular complexity index is 824. The largest absolute Gasteiger partial charge is 0.456 e. The molecule has 0 radical (unpaired) electrons. The zero-order valence-corrected chi connectivity index (χ0v) is 14.0. The molecule has 3 heterocycles. The van der Waals surface area contributed by atoms with Gasteiger partial charge in [-0.3, -0.25) is 9.48 Å². The van der Waals surface area contributed by atoms with Gasteiger partial charge in [0.15, 0.2) is 5.76 Å². The molecule has 3 aromatic rings. The number of furan rings is 1. The highest BCUT2D eigenvalue weighted by atomic mass is 16.5. The molecular formula is C17H20N4O3. The number of hydrogen-bond acceptors (Lipinski definition) is 5. The summed E-state index contributed by atoms with van der Waals surface area (Å²) in [6.07, 6.45) is 4.21. The van der Waals surface area contributed by atoms with Gasteiger partial charge in [0.1, 0.15) is 11.5 Å². The van der Waals surface area contributed by atoms with Gasteiger partial charge in [-0.15, -0.1) is 0 Å². The highest BCUT2D eigenvalue weighted by Gasteiger charge is 2.15. The average Bonchev–Trinajstić information content (AvgIpc) is 3.29. The van der Waals surface area contributed by atoms with E-state index < -0.39 is 0 Å². The molecule has 3 aromatic heterocycles.